The summed E-state index contributed by atoms with van der Waals surface area (Å²) in [6.07, 6.45) is 3.81. The van der Waals surface area contributed by atoms with Crippen molar-refractivity contribution in [1.82, 2.24) is 14.5 Å². The highest BCUT2D eigenvalue weighted by atomic mass is 16.3. The highest BCUT2D eigenvalue weighted by Crippen LogP contribution is 2.11. The van der Waals surface area contributed by atoms with Crippen LogP contribution in [0.5, 0.6) is 0 Å². The van der Waals surface area contributed by atoms with Gasteiger partial charge in [0.2, 0.25) is 0 Å². The minimum absolute atomic E-state index is 0.190. The molecule has 0 fully saturated rings. The van der Waals surface area contributed by atoms with Crippen LogP contribution in [0.25, 0.3) is 5.52 Å². The molecule has 4 nitrogen and oxygen atoms in total. The number of nitrogens with zero attached hydrogens (tertiary/aromatic N) is 3. The molecule has 0 atom stereocenters. The van der Waals surface area contributed by atoms with Crippen molar-refractivity contribution in [3.63, 3.8) is 0 Å². The van der Waals surface area contributed by atoms with Gasteiger partial charge in [-0.25, -0.2) is 4.52 Å². The largest absolute Gasteiger partial charge is 0.395 e. The third-order valence-corrected chi connectivity index (χ3v) is 2.43. The molecule has 0 unspecified atom stereocenters. The van der Waals surface area contributed by atoms with Crippen molar-refractivity contribution in [1.29, 1.82) is 0 Å². The maximum atomic E-state index is 8.82. The van der Waals surface area contributed by atoms with Crippen LogP contribution in [0.3, 0.4) is 0 Å². The maximum absolute atomic E-state index is 8.82. The molecule has 80 valence electrons. The SMILES string of the molecule is CN(CCO)Cc1cnn2ccccc12. The summed E-state index contributed by atoms with van der Waals surface area (Å²) >= 11 is 0. The standard InChI is InChI=1S/C11H15N3O/c1-13(6-7-15)9-10-8-12-14-5-3-2-4-11(10)14/h2-5,8,15H,6-7,9H2,1H3. The van der Waals surface area contributed by atoms with Crippen LogP contribution in [0.15, 0.2) is 30.6 Å². The second-order valence-corrected chi connectivity index (χ2v) is 3.66. The molecule has 1 N–H and O–H groups in total. The zero-order valence-electron chi connectivity index (χ0n) is 8.80. The Hall–Kier alpha value is -1.39. The van der Waals surface area contributed by atoms with E-state index in [1.807, 2.05) is 36.1 Å². The summed E-state index contributed by atoms with van der Waals surface area (Å²) in [7, 11) is 1.99. The zero-order chi connectivity index (χ0) is 10.7. The van der Waals surface area contributed by atoms with Crippen molar-refractivity contribution < 1.29 is 5.11 Å². The fourth-order valence-corrected chi connectivity index (χ4v) is 1.65. The van der Waals surface area contributed by atoms with Gasteiger partial charge in [0.15, 0.2) is 0 Å². The Balaban J connectivity index is 2.21. The van der Waals surface area contributed by atoms with E-state index in [1.165, 1.54) is 5.56 Å². The third kappa shape index (κ3) is 2.16. The molecule has 4 heteroatoms. The molecule has 0 saturated heterocycles. The van der Waals surface area contributed by atoms with Crippen molar-refractivity contribution >= 4 is 5.52 Å². The van der Waals surface area contributed by atoms with Crippen LogP contribution in [0.1, 0.15) is 5.56 Å². The number of likely N-dealkylation sites (N-methyl/N-ethyl adjacent to an activating group) is 1. The van der Waals surface area contributed by atoms with Crippen molar-refractivity contribution in [2.45, 2.75) is 6.54 Å². The second-order valence-electron chi connectivity index (χ2n) is 3.66. The fraction of sp³-hybridized carbons (Fsp3) is 0.364. The van der Waals surface area contributed by atoms with E-state index in [1.54, 1.807) is 0 Å². The first-order chi connectivity index (χ1) is 7.31. The van der Waals surface area contributed by atoms with Crippen molar-refractivity contribution in [3.8, 4) is 0 Å². The van der Waals surface area contributed by atoms with Crippen molar-refractivity contribution in [3.05, 3.63) is 36.2 Å². The Bertz CT molecular complexity index is 438. The number of rotatable bonds is 4. The number of aliphatic hydroxyl groups is 1. The molecule has 0 aliphatic carbocycles. The number of hydrogen-bond acceptors (Lipinski definition) is 3. The van der Waals surface area contributed by atoms with Crippen LogP contribution in [0.4, 0.5) is 0 Å². The first kappa shape index (κ1) is 10.1. The molecule has 0 saturated carbocycles. The molecule has 15 heavy (non-hydrogen) atoms. The minimum atomic E-state index is 0.190. The lowest BCUT2D eigenvalue weighted by molar-refractivity contribution is 0.217. The Kier molecular flexibility index (Phi) is 2.99. The van der Waals surface area contributed by atoms with Gasteiger partial charge in [-0.3, -0.25) is 4.90 Å². The van der Waals surface area contributed by atoms with E-state index in [4.69, 9.17) is 5.11 Å². The Morgan fingerprint density at radius 2 is 2.33 bits per heavy atom. The van der Waals surface area contributed by atoms with Crippen LogP contribution in [-0.2, 0) is 6.54 Å². The quantitative estimate of drug-likeness (QED) is 0.801. The maximum Gasteiger partial charge on any atom is 0.0706 e. The van der Waals surface area contributed by atoms with E-state index in [9.17, 15) is 0 Å². The van der Waals surface area contributed by atoms with Gasteiger partial charge in [0.1, 0.15) is 0 Å². The monoisotopic (exact) mass is 205 g/mol. The van der Waals surface area contributed by atoms with Crippen LogP contribution in [0, 0.1) is 0 Å². The van der Waals surface area contributed by atoms with E-state index < -0.39 is 0 Å². The molecule has 0 radical (unpaired) electrons. The van der Waals surface area contributed by atoms with E-state index >= 15 is 0 Å². The molecule has 0 aliphatic heterocycles. The number of pyridine rings is 1. The Morgan fingerprint density at radius 1 is 1.47 bits per heavy atom. The molecule has 2 heterocycles. The van der Waals surface area contributed by atoms with Crippen molar-refractivity contribution in [2.24, 2.45) is 0 Å². The van der Waals surface area contributed by atoms with Gasteiger partial charge in [-0.1, -0.05) is 6.07 Å². The van der Waals surface area contributed by atoms with Crippen LogP contribution >= 0.6 is 0 Å². The summed E-state index contributed by atoms with van der Waals surface area (Å²) < 4.78 is 1.86. The molecule has 2 rings (SSSR count). The molecule has 2 aromatic heterocycles. The number of aromatic nitrogens is 2. The van der Waals surface area contributed by atoms with E-state index in [-0.39, 0.29) is 6.61 Å². The number of aliphatic hydroxyl groups excluding tert-OH is 1. The highest BCUT2D eigenvalue weighted by molar-refractivity contribution is 5.53. The van der Waals surface area contributed by atoms with E-state index in [0.717, 1.165) is 12.1 Å². The molecule has 0 aliphatic rings. The lowest BCUT2D eigenvalue weighted by Crippen LogP contribution is -2.21. The topological polar surface area (TPSA) is 40.8 Å². The van der Waals surface area contributed by atoms with Crippen LogP contribution < -0.4 is 0 Å². The van der Waals surface area contributed by atoms with Gasteiger partial charge in [0.05, 0.1) is 18.3 Å². The molecule has 0 spiro atoms. The van der Waals surface area contributed by atoms with Gasteiger partial charge in [0.25, 0.3) is 0 Å². The summed E-state index contributed by atoms with van der Waals surface area (Å²) in [4.78, 5) is 2.07. The summed E-state index contributed by atoms with van der Waals surface area (Å²) in [5, 5.41) is 13.1. The molecule has 0 bridgehead atoms. The highest BCUT2D eigenvalue weighted by Gasteiger charge is 2.05. The zero-order valence-corrected chi connectivity index (χ0v) is 8.80. The average Bonchev–Trinajstić information content (AvgIpc) is 2.62. The lowest BCUT2D eigenvalue weighted by atomic mass is 10.2. The molecule has 0 aromatic carbocycles. The van der Waals surface area contributed by atoms with E-state index in [0.29, 0.717) is 6.54 Å². The normalized spacial score (nSPS) is 11.4. The summed E-state index contributed by atoms with van der Waals surface area (Å²) in [6, 6.07) is 6.02. The molecular formula is C11H15N3O. The molecule has 0 amide bonds. The smallest absolute Gasteiger partial charge is 0.0706 e. The number of fused-ring (bicyclic) bond motifs is 1. The summed E-state index contributed by atoms with van der Waals surface area (Å²) in [5.74, 6) is 0. The average molecular weight is 205 g/mol. The van der Waals surface area contributed by atoms with Crippen LogP contribution in [-0.4, -0.2) is 39.8 Å². The van der Waals surface area contributed by atoms with Gasteiger partial charge < -0.3 is 5.11 Å². The number of hydrogen-bond donors (Lipinski definition) is 1. The summed E-state index contributed by atoms with van der Waals surface area (Å²) in [6.45, 7) is 1.69. The Morgan fingerprint density at radius 3 is 3.13 bits per heavy atom. The molecule has 2 aromatic rings. The first-order valence-corrected chi connectivity index (χ1v) is 5.02. The lowest BCUT2D eigenvalue weighted by Gasteiger charge is -2.13. The van der Waals surface area contributed by atoms with Gasteiger partial charge in [-0.05, 0) is 19.2 Å². The van der Waals surface area contributed by atoms with E-state index in [2.05, 4.69) is 16.1 Å². The van der Waals surface area contributed by atoms with Gasteiger partial charge in [-0.2, -0.15) is 5.10 Å². The van der Waals surface area contributed by atoms with Gasteiger partial charge in [0, 0.05) is 24.8 Å². The van der Waals surface area contributed by atoms with Crippen molar-refractivity contribution in [2.75, 3.05) is 20.2 Å². The third-order valence-electron chi connectivity index (χ3n) is 2.43. The fourth-order valence-electron chi connectivity index (χ4n) is 1.65. The van der Waals surface area contributed by atoms with Crippen LogP contribution in [0.2, 0.25) is 0 Å². The van der Waals surface area contributed by atoms with Gasteiger partial charge >= 0.3 is 0 Å². The van der Waals surface area contributed by atoms with Gasteiger partial charge in [-0.15, -0.1) is 0 Å². The molecular weight excluding hydrogens is 190 g/mol. The predicted molar refractivity (Wildman–Crippen MR) is 58.6 cm³/mol. The first-order valence-electron chi connectivity index (χ1n) is 5.02. The Labute approximate surface area is 88.8 Å². The second kappa shape index (κ2) is 4.42. The summed E-state index contributed by atoms with van der Waals surface area (Å²) in [5.41, 5.74) is 2.31. The minimum Gasteiger partial charge on any atom is -0.395 e. The predicted octanol–water partition coefficient (Wildman–Crippen LogP) is 0.758.